The second kappa shape index (κ2) is 5.50. The van der Waals surface area contributed by atoms with Gasteiger partial charge in [0.15, 0.2) is 11.6 Å². The smallest absolute Gasteiger partial charge is 0.419 e. The standard InChI is InChI=1S/C14H11F4NO/c15-11-6-3-4-9(8-19)13(11)20-12-7-2-1-5-10(12)14(16,17)18/h1-7H,8,19H2. The highest BCUT2D eigenvalue weighted by Crippen LogP contribution is 2.39. The van der Waals surface area contributed by atoms with Crippen molar-refractivity contribution in [2.24, 2.45) is 5.73 Å². The monoisotopic (exact) mass is 285 g/mol. The lowest BCUT2D eigenvalue weighted by Gasteiger charge is -2.15. The Balaban J connectivity index is 2.46. The second-order valence-corrected chi connectivity index (χ2v) is 4.03. The van der Waals surface area contributed by atoms with Crippen LogP contribution in [0.2, 0.25) is 0 Å². The van der Waals surface area contributed by atoms with Crippen LogP contribution in [0.5, 0.6) is 11.5 Å². The molecule has 0 atom stereocenters. The van der Waals surface area contributed by atoms with Crippen LogP contribution in [0.4, 0.5) is 17.6 Å². The molecule has 0 fully saturated rings. The van der Waals surface area contributed by atoms with Crippen LogP contribution in [0.1, 0.15) is 11.1 Å². The maximum absolute atomic E-state index is 13.7. The van der Waals surface area contributed by atoms with Crippen molar-refractivity contribution in [2.45, 2.75) is 12.7 Å². The van der Waals surface area contributed by atoms with Crippen LogP contribution in [0, 0.1) is 5.82 Å². The summed E-state index contributed by atoms with van der Waals surface area (Å²) in [5, 5.41) is 0. The van der Waals surface area contributed by atoms with E-state index in [1.165, 1.54) is 24.3 Å². The number of hydrogen-bond acceptors (Lipinski definition) is 2. The van der Waals surface area contributed by atoms with Crippen molar-refractivity contribution < 1.29 is 22.3 Å². The van der Waals surface area contributed by atoms with E-state index in [0.29, 0.717) is 5.56 Å². The van der Waals surface area contributed by atoms with Crippen LogP contribution in [-0.4, -0.2) is 0 Å². The molecule has 0 aliphatic rings. The normalized spacial score (nSPS) is 11.4. The Morgan fingerprint density at radius 3 is 2.35 bits per heavy atom. The highest BCUT2D eigenvalue weighted by atomic mass is 19.4. The molecule has 0 amide bonds. The summed E-state index contributed by atoms with van der Waals surface area (Å²) in [6.07, 6.45) is -4.58. The zero-order valence-corrected chi connectivity index (χ0v) is 10.2. The molecular formula is C14H11F4NO. The summed E-state index contributed by atoms with van der Waals surface area (Å²) in [4.78, 5) is 0. The minimum Gasteiger partial charge on any atom is -0.453 e. The van der Waals surface area contributed by atoms with Crippen molar-refractivity contribution in [2.75, 3.05) is 0 Å². The largest absolute Gasteiger partial charge is 0.453 e. The number of benzene rings is 2. The van der Waals surface area contributed by atoms with E-state index in [1.54, 1.807) is 0 Å². The predicted molar refractivity (Wildman–Crippen MR) is 65.8 cm³/mol. The SMILES string of the molecule is NCc1cccc(F)c1Oc1ccccc1C(F)(F)F. The van der Waals surface area contributed by atoms with Crippen LogP contribution in [0.25, 0.3) is 0 Å². The van der Waals surface area contributed by atoms with Gasteiger partial charge >= 0.3 is 6.18 Å². The minimum atomic E-state index is -4.58. The number of rotatable bonds is 3. The molecule has 2 aromatic rings. The zero-order valence-electron chi connectivity index (χ0n) is 10.2. The Morgan fingerprint density at radius 1 is 1.00 bits per heavy atom. The molecule has 2 nitrogen and oxygen atoms in total. The molecule has 0 bridgehead atoms. The van der Waals surface area contributed by atoms with Crippen LogP contribution in [0.3, 0.4) is 0 Å². The molecule has 0 unspecified atom stereocenters. The fourth-order valence-corrected chi connectivity index (χ4v) is 1.73. The van der Waals surface area contributed by atoms with Gasteiger partial charge in [-0.05, 0) is 18.2 Å². The van der Waals surface area contributed by atoms with Crippen molar-refractivity contribution in [3.63, 3.8) is 0 Å². The highest BCUT2D eigenvalue weighted by molar-refractivity contribution is 5.43. The lowest BCUT2D eigenvalue weighted by Crippen LogP contribution is -2.08. The molecule has 106 valence electrons. The summed E-state index contributed by atoms with van der Waals surface area (Å²) >= 11 is 0. The Morgan fingerprint density at radius 2 is 1.70 bits per heavy atom. The fraction of sp³-hybridized carbons (Fsp3) is 0.143. The molecule has 0 radical (unpaired) electrons. The number of hydrogen-bond donors (Lipinski definition) is 1. The van der Waals surface area contributed by atoms with Gasteiger partial charge in [0.2, 0.25) is 0 Å². The second-order valence-electron chi connectivity index (χ2n) is 4.03. The summed E-state index contributed by atoms with van der Waals surface area (Å²) in [7, 11) is 0. The first-order chi connectivity index (χ1) is 9.43. The fourth-order valence-electron chi connectivity index (χ4n) is 1.73. The van der Waals surface area contributed by atoms with Gasteiger partial charge < -0.3 is 10.5 Å². The van der Waals surface area contributed by atoms with Crippen molar-refractivity contribution in [3.8, 4) is 11.5 Å². The van der Waals surface area contributed by atoms with Crippen LogP contribution >= 0.6 is 0 Å². The van der Waals surface area contributed by atoms with E-state index >= 15 is 0 Å². The average Bonchev–Trinajstić information content (AvgIpc) is 2.40. The predicted octanol–water partition coefficient (Wildman–Crippen LogP) is 4.10. The highest BCUT2D eigenvalue weighted by Gasteiger charge is 2.34. The lowest BCUT2D eigenvalue weighted by atomic mass is 10.1. The number of halogens is 4. The van der Waals surface area contributed by atoms with Gasteiger partial charge in [0.05, 0.1) is 5.56 Å². The Hall–Kier alpha value is -2.08. The molecule has 2 N–H and O–H groups in total. The summed E-state index contributed by atoms with van der Waals surface area (Å²) in [6.45, 7) is -0.0404. The van der Waals surface area contributed by atoms with Gasteiger partial charge in [0, 0.05) is 12.1 Å². The van der Waals surface area contributed by atoms with E-state index in [2.05, 4.69) is 0 Å². The summed E-state index contributed by atoms with van der Waals surface area (Å²) < 4.78 is 57.3. The van der Waals surface area contributed by atoms with Gasteiger partial charge in [-0.2, -0.15) is 13.2 Å². The lowest BCUT2D eigenvalue weighted by molar-refractivity contribution is -0.138. The van der Waals surface area contributed by atoms with Crippen molar-refractivity contribution >= 4 is 0 Å². The van der Waals surface area contributed by atoms with E-state index in [1.807, 2.05) is 0 Å². The third-order valence-corrected chi connectivity index (χ3v) is 2.67. The van der Waals surface area contributed by atoms with E-state index in [9.17, 15) is 17.6 Å². The average molecular weight is 285 g/mol. The summed E-state index contributed by atoms with van der Waals surface area (Å²) in [5.41, 5.74) is 4.76. The molecule has 0 saturated heterocycles. The number of ether oxygens (including phenoxy) is 1. The van der Waals surface area contributed by atoms with Crippen molar-refractivity contribution in [3.05, 3.63) is 59.4 Å². The summed E-state index contributed by atoms with van der Waals surface area (Å²) in [5.74, 6) is -1.50. The summed E-state index contributed by atoms with van der Waals surface area (Å²) in [6, 6.07) is 8.64. The molecule has 0 heterocycles. The van der Waals surface area contributed by atoms with E-state index in [4.69, 9.17) is 10.5 Å². The zero-order chi connectivity index (χ0) is 14.8. The Kier molecular flexibility index (Phi) is 3.94. The van der Waals surface area contributed by atoms with Crippen LogP contribution in [-0.2, 0) is 12.7 Å². The molecular weight excluding hydrogens is 274 g/mol. The van der Waals surface area contributed by atoms with Crippen LogP contribution in [0.15, 0.2) is 42.5 Å². The van der Waals surface area contributed by atoms with Crippen molar-refractivity contribution in [1.82, 2.24) is 0 Å². The third kappa shape index (κ3) is 2.91. The first kappa shape index (κ1) is 14.3. The van der Waals surface area contributed by atoms with Gasteiger partial charge in [0.1, 0.15) is 5.75 Å². The topological polar surface area (TPSA) is 35.2 Å². The molecule has 2 rings (SSSR count). The van der Waals surface area contributed by atoms with Gasteiger partial charge in [-0.1, -0.05) is 24.3 Å². The number of nitrogens with two attached hydrogens (primary N) is 1. The van der Waals surface area contributed by atoms with Gasteiger partial charge in [-0.25, -0.2) is 4.39 Å². The van der Waals surface area contributed by atoms with Gasteiger partial charge in [-0.15, -0.1) is 0 Å². The molecule has 2 aromatic carbocycles. The Bertz CT molecular complexity index is 610. The number of alkyl halides is 3. The van der Waals surface area contributed by atoms with E-state index < -0.39 is 23.3 Å². The quantitative estimate of drug-likeness (QED) is 0.862. The molecule has 0 aliphatic carbocycles. The molecule has 20 heavy (non-hydrogen) atoms. The van der Waals surface area contributed by atoms with Gasteiger partial charge in [-0.3, -0.25) is 0 Å². The number of para-hydroxylation sites is 2. The maximum atomic E-state index is 13.7. The Labute approximate surface area is 112 Å². The van der Waals surface area contributed by atoms with Crippen LogP contribution < -0.4 is 10.5 Å². The minimum absolute atomic E-state index is 0.0404. The van der Waals surface area contributed by atoms with E-state index in [0.717, 1.165) is 18.2 Å². The van der Waals surface area contributed by atoms with Crippen molar-refractivity contribution in [1.29, 1.82) is 0 Å². The first-order valence-electron chi connectivity index (χ1n) is 5.75. The maximum Gasteiger partial charge on any atom is 0.419 e. The van der Waals surface area contributed by atoms with E-state index in [-0.39, 0.29) is 12.3 Å². The molecule has 6 heteroatoms. The van der Waals surface area contributed by atoms with Gasteiger partial charge in [0.25, 0.3) is 0 Å². The molecule has 0 aliphatic heterocycles. The molecule has 0 saturated carbocycles. The third-order valence-electron chi connectivity index (χ3n) is 2.67. The molecule has 0 aromatic heterocycles. The molecule has 0 spiro atoms. The first-order valence-corrected chi connectivity index (χ1v) is 5.75.